The Morgan fingerprint density at radius 2 is 1.62 bits per heavy atom. The van der Waals surface area contributed by atoms with E-state index in [9.17, 15) is 30.1 Å². The summed E-state index contributed by atoms with van der Waals surface area (Å²) in [6, 6.07) is 5.04. The van der Waals surface area contributed by atoms with Crippen LogP contribution in [0.15, 0.2) is 24.3 Å². The zero-order chi connectivity index (χ0) is 20.2. The SMILES string of the molecule is CC(=O)C(C(=O)OC(C)(C)C)C(/C(C)=[N+](/[O-])O)c1ccc([N+](=O)[O-])cc1. The molecule has 0 saturated heterocycles. The van der Waals surface area contributed by atoms with Crippen molar-refractivity contribution in [1.29, 1.82) is 0 Å². The number of rotatable bonds is 6. The summed E-state index contributed by atoms with van der Waals surface area (Å²) in [7, 11) is 0. The molecule has 1 rings (SSSR count). The van der Waals surface area contributed by atoms with Crippen molar-refractivity contribution in [3.63, 3.8) is 0 Å². The fourth-order valence-corrected chi connectivity index (χ4v) is 2.50. The van der Waals surface area contributed by atoms with Crippen molar-refractivity contribution in [3.05, 3.63) is 45.2 Å². The summed E-state index contributed by atoms with van der Waals surface area (Å²) in [5, 5.41) is 31.5. The third-order valence-electron chi connectivity index (χ3n) is 3.65. The molecular formula is C17H22N2O7. The highest BCUT2D eigenvalue weighted by atomic mass is 16.8. The van der Waals surface area contributed by atoms with Crippen molar-refractivity contribution in [2.75, 3.05) is 0 Å². The molecule has 142 valence electrons. The molecule has 0 amide bonds. The van der Waals surface area contributed by atoms with Gasteiger partial charge in [-0.2, -0.15) is 0 Å². The number of ether oxygens (including phenoxy) is 1. The molecule has 0 bridgehead atoms. The van der Waals surface area contributed by atoms with Gasteiger partial charge in [0.15, 0.2) is 0 Å². The molecule has 0 heterocycles. The highest BCUT2D eigenvalue weighted by molar-refractivity contribution is 6.04. The second kappa shape index (κ2) is 7.94. The molecule has 0 aromatic heterocycles. The van der Waals surface area contributed by atoms with Crippen molar-refractivity contribution >= 4 is 23.2 Å². The summed E-state index contributed by atoms with van der Waals surface area (Å²) in [5.41, 5.74) is -0.988. The highest BCUT2D eigenvalue weighted by Crippen LogP contribution is 2.31. The van der Waals surface area contributed by atoms with Gasteiger partial charge in [0, 0.05) is 24.0 Å². The van der Waals surface area contributed by atoms with E-state index in [1.807, 2.05) is 0 Å². The smallest absolute Gasteiger partial charge is 0.318 e. The largest absolute Gasteiger partial charge is 0.459 e. The van der Waals surface area contributed by atoms with Gasteiger partial charge in [-0.25, -0.2) is 0 Å². The van der Waals surface area contributed by atoms with Gasteiger partial charge in [0.2, 0.25) is 5.71 Å². The molecule has 26 heavy (non-hydrogen) atoms. The van der Waals surface area contributed by atoms with Gasteiger partial charge in [0.1, 0.15) is 17.3 Å². The monoisotopic (exact) mass is 366 g/mol. The maximum Gasteiger partial charge on any atom is 0.318 e. The molecule has 0 saturated carbocycles. The average Bonchev–Trinajstić information content (AvgIpc) is 2.49. The molecule has 9 heteroatoms. The van der Waals surface area contributed by atoms with E-state index in [2.05, 4.69) is 0 Å². The standard InChI is InChI=1S/C17H22N2O7/c1-10(18(22)23)14(12-6-8-13(9-7-12)19(24)25)15(11(2)20)16(21)26-17(3,4)5/h6-9,14-15H,1-5H3,(H,22,23). The van der Waals surface area contributed by atoms with Crippen molar-refractivity contribution in [1.82, 2.24) is 0 Å². The van der Waals surface area contributed by atoms with Crippen LogP contribution in [0.3, 0.4) is 0 Å². The molecule has 1 aromatic rings. The predicted molar refractivity (Wildman–Crippen MR) is 91.9 cm³/mol. The van der Waals surface area contributed by atoms with Crippen LogP contribution in [0.4, 0.5) is 5.69 Å². The van der Waals surface area contributed by atoms with E-state index in [0.29, 0.717) is 0 Å². The summed E-state index contributed by atoms with van der Waals surface area (Å²) in [4.78, 5) is 34.5. The Hall–Kier alpha value is -2.97. The van der Waals surface area contributed by atoms with E-state index >= 15 is 0 Å². The van der Waals surface area contributed by atoms with Gasteiger partial charge in [-0.05, 0) is 33.3 Å². The van der Waals surface area contributed by atoms with Gasteiger partial charge in [-0.3, -0.25) is 24.9 Å². The molecular weight excluding hydrogens is 344 g/mol. The number of hydrogen-bond acceptors (Lipinski definition) is 7. The second-order valence-corrected chi connectivity index (χ2v) is 6.86. The molecule has 1 aromatic carbocycles. The van der Waals surface area contributed by atoms with Crippen LogP contribution in [-0.4, -0.2) is 38.1 Å². The lowest BCUT2D eigenvalue weighted by atomic mass is 9.80. The summed E-state index contributed by atoms with van der Waals surface area (Å²) in [6.07, 6.45) is 0. The van der Waals surface area contributed by atoms with Crippen LogP contribution in [-0.2, 0) is 14.3 Å². The summed E-state index contributed by atoms with van der Waals surface area (Å²) in [5.74, 6) is -3.94. The van der Waals surface area contributed by atoms with Crippen LogP contribution in [0.1, 0.15) is 46.1 Å². The number of esters is 1. The highest BCUT2D eigenvalue weighted by Gasteiger charge is 2.41. The quantitative estimate of drug-likeness (QED) is 0.156. The Labute approximate surface area is 150 Å². The third kappa shape index (κ3) is 5.27. The Kier molecular flexibility index (Phi) is 6.44. The van der Waals surface area contributed by atoms with Gasteiger partial charge in [-0.1, -0.05) is 12.1 Å². The minimum Gasteiger partial charge on any atom is -0.459 e. The van der Waals surface area contributed by atoms with E-state index in [1.54, 1.807) is 20.8 Å². The van der Waals surface area contributed by atoms with E-state index in [1.165, 1.54) is 38.1 Å². The van der Waals surface area contributed by atoms with Crippen LogP contribution in [0, 0.1) is 21.2 Å². The number of nitro groups is 1. The number of carbonyl (C=O) groups is 2. The van der Waals surface area contributed by atoms with Gasteiger partial charge < -0.3 is 9.94 Å². The first-order valence-electron chi connectivity index (χ1n) is 7.82. The van der Waals surface area contributed by atoms with Gasteiger partial charge in [-0.15, -0.1) is 0 Å². The first-order chi connectivity index (χ1) is 11.8. The van der Waals surface area contributed by atoms with Gasteiger partial charge in [0.25, 0.3) is 5.69 Å². The number of benzene rings is 1. The van der Waals surface area contributed by atoms with Crippen LogP contribution in [0.25, 0.3) is 0 Å². The van der Waals surface area contributed by atoms with Crippen LogP contribution >= 0.6 is 0 Å². The van der Waals surface area contributed by atoms with Gasteiger partial charge in [0.05, 0.1) is 10.8 Å². The average molecular weight is 366 g/mol. The number of nitrogens with zero attached hydrogens (tertiary/aromatic N) is 2. The molecule has 9 nitrogen and oxygen atoms in total. The number of nitro benzene ring substituents is 1. The van der Waals surface area contributed by atoms with Crippen LogP contribution in [0.5, 0.6) is 0 Å². The summed E-state index contributed by atoms with van der Waals surface area (Å²) >= 11 is 0. The number of Topliss-reactive ketones (excluding diaryl/α,β-unsaturated/α-hetero) is 1. The molecule has 0 aliphatic carbocycles. The van der Waals surface area contributed by atoms with Crippen molar-refractivity contribution in [2.45, 2.75) is 46.1 Å². The summed E-state index contributed by atoms with van der Waals surface area (Å²) < 4.78 is 5.27. The zero-order valence-corrected chi connectivity index (χ0v) is 15.3. The normalized spacial score (nSPS) is 14.8. The van der Waals surface area contributed by atoms with Crippen LogP contribution < -0.4 is 0 Å². The first kappa shape index (κ1) is 21.1. The number of carbonyl (C=O) groups excluding carboxylic acids is 2. The van der Waals surface area contributed by atoms with E-state index in [0.717, 1.165) is 0 Å². The second-order valence-electron chi connectivity index (χ2n) is 6.86. The number of ketones is 1. The van der Waals surface area contributed by atoms with Gasteiger partial charge >= 0.3 is 5.97 Å². The molecule has 0 spiro atoms. The van der Waals surface area contributed by atoms with E-state index < -0.39 is 39.0 Å². The lowest BCUT2D eigenvalue weighted by Crippen LogP contribution is -2.39. The molecule has 0 aliphatic heterocycles. The fourth-order valence-electron chi connectivity index (χ4n) is 2.50. The molecule has 2 atom stereocenters. The predicted octanol–water partition coefficient (Wildman–Crippen LogP) is 2.59. The molecule has 0 radical (unpaired) electrons. The molecule has 2 unspecified atom stereocenters. The maximum absolute atomic E-state index is 12.6. The summed E-state index contributed by atoms with van der Waals surface area (Å²) in [6.45, 7) is 7.33. The molecule has 0 fully saturated rings. The van der Waals surface area contributed by atoms with Crippen LogP contribution in [0.2, 0.25) is 0 Å². The van der Waals surface area contributed by atoms with Crippen molar-refractivity contribution < 1.29 is 29.4 Å². The number of non-ortho nitro benzene ring substituents is 1. The topological polar surface area (TPSA) is 133 Å². The molecule has 0 aliphatic rings. The number of hydrogen-bond donors (Lipinski definition) is 1. The van der Waals surface area contributed by atoms with Crippen molar-refractivity contribution in [2.24, 2.45) is 5.92 Å². The lowest BCUT2D eigenvalue weighted by molar-refractivity contribution is -0.727. The lowest BCUT2D eigenvalue weighted by Gasteiger charge is -2.26. The minimum absolute atomic E-state index is 0.190. The fraction of sp³-hybridized carbons (Fsp3) is 0.471. The van der Waals surface area contributed by atoms with E-state index in [-0.39, 0.29) is 17.0 Å². The zero-order valence-electron chi connectivity index (χ0n) is 15.3. The van der Waals surface area contributed by atoms with Crippen molar-refractivity contribution in [3.8, 4) is 0 Å². The Balaban J connectivity index is 3.47. The molecule has 1 N–H and O–H groups in total. The Morgan fingerprint density at radius 3 is 1.96 bits per heavy atom. The Morgan fingerprint density at radius 1 is 1.12 bits per heavy atom. The first-order valence-corrected chi connectivity index (χ1v) is 7.82. The maximum atomic E-state index is 12.6. The third-order valence-corrected chi connectivity index (χ3v) is 3.65. The van der Waals surface area contributed by atoms with E-state index in [4.69, 9.17) is 4.74 Å². The minimum atomic E-state index is -1.39. The Bertz CT molecular complexity index is 728.